The molecule has 3 rings (SSSR count). The van der Waals surface area contributed by atoms with Crippen LogP contribution in [-0.2, 0) is 21.9 Å². The third-order valence-electron chi connectivity index (χ3n) is 5.37. The molecule has 30 heavy (non-hydrogen) atoms. The van der Waals surface area contributed by atoms with Crippen molar-refractivity contribution in [1.29, 1.82) is 0 Å². The molecular weight excluding hydrogens is 428 g/mol. The first-order valence-electron chi connectivity index (χ1n) is 9.54. The molecule has 2 heterocycles. The smallest absolute Gasteiger partial charge is 0.265 e. The molecule has 0 atom stereocenters. The summed E-state index contributed by atoms with van der Waals surface area (Å²) in [7, 11) is -2.21. The van der Waals surface area contributed by atoms with Crippen LogP contribution in [0.1, 0.15) is 34.5 Å². The van der Waals surface area contributed by atoms with E-state index in [4.69, 9.17) is 17.3 Å². The van der Waals surface area contributed by atoms with E-state index in [2.05, 4.69) is 5.32 Å². The summed E-state index contributed by atoms with van der Waals surface area (Å²) in [4.78, 5) is 24.1. The van der Waals surface area contributed by atoms with E-state index in [1.807, 2.05) is 19.9 Å². The summed E-state index contributed by atoms with van der Waals surface area (Å²) in [5, 5.41) is 3.37. The predicted octanol–water partition coefficient (Wildman–Crippen LogP) is 2.43. The van der Waals surface area contributed by atoms with Crippen LogP contribution in [0, 0.1) is 19.8 Å². The molecule has 1 saturated heterocycles. The number of piperidine rings is 1. The highest BCUT2D eigenvalue weighted by molar-refractivity contribution is 7.89. The number of aryl methyl sites for hydroxylation is 3. The van der Waals surface area contributed by atoms with Crippen molar-refractivity contribution in [1.82, 2.24) is 8.87 Å². The summed E-state index contributed by atoms with van der Waals surface area (Å²) in [6.45, 7) is 4.23. The number of hydrogen-bond acceptors (Lipinski definition) is 4. The lowest BCUT2D eigenvalue weighted by Crippen LogP contribution is -2.41. The number of nitrogens with one attached hydrogen (secondary N) is 1. The van der Waals surface area contributed by atoms with Gasteiger partial charge in [0.15, 0.2) is 0 Å². The fourth-order valence-electron chi connectivity index (χ4n) is 3.73. The SMILES string of the molecule is Cc1cc(C)c(NC(=O)C2CCN(S(=O)(=O)c3cc(C(N)=O)n(C)c3)CC2)c(Cl)c1. The van der Waals surface area contributed by atoms with Gasteiger partial charge in [0.25, 0.3) is 5.91 Å². The summed E-state index contributed by atoms with van der Waals surface area (Å²) in [5.74, 6) is -1.18. The van der Waals surface area contributed by atoms with E-state index in [9.17, 15) is 18.0 Å². The number of anilines is 1. The molecular formula is C20H25ClN4O4S. The lowest BCUT2D eigenvalue weighted by molar-refractivity contribution is -0.120. The van der Waals surface area contributed by atoms with Crippen LogP contribution in [0.3, 0.4) is 0 Å². The van der Waals surface area contributed by atoms with Gasteiger partial charge in [-0.2, -0.15) is 4.31 Å². The number of carbonyl (C=O) groups is 2. The zero-order valence-electron chi connectivity index (χ0n) is 17.1. The largest absolute Gasteiger partial charge is 0.364 e. The molecule has 10 heteroatoms. The third kappa shape index (κ3) is 4.38. The summed E-state index contributed by atoms with van der Waals surface area (Å²) in [6, 6.07) is 5.01. The number of nitrogens with zero attached hydrogens (tertiary/aromatic N) is 2. The molecule has 0 aliphatic carbocycles. The average molecular weight is 453 g/mol. The first-order valence-corrected chi connectivity index (χ1v) is 11.4. The van der Waals surface area contributed by atoms with E-state index in [0.29, 0.717) is 23.6 Å². The Kier molecular flexibility index (Phi) is 6.26. The van der Waals surface area contributed by atoms with E-state index in [-0.39, 0.29) is 35.5 Å². The van der Waals surface area contributed by atoms with Crippen LogP contribution in [0.5, 0.6) is 0 Å². The van der Waals surface area contributed by atoms with Gasteiger partial charge in [0.2, 0.25) is 15.9 Å². The fraction of sp³-hybridized carbons (Fsp3) is 0.400. The van der Waals surface area contributed by atoms with Gasteiger partial charge in [-0.3, -0.25) is 9.59 Å². The Hall–Kier alpha value is -2.36. The standard InChI is InChI=1S/C20H25ClN4O4S/c1-12-8-13(2)18(16(21)9-12)23-20(27)14-4-6-25(7-5-14)30(28,29)15-10-17(19(22)26)24(3)11-15/h8-11,14H,4-7H2,1-3H3,(H2,22,26)(H,23,27). The van der Waals surface area contributed by atoms with E-state index < -0.39 is 15.9 Å². The molecule has 0 saturated carbocycles. The van der Waals surface area contributed by atoms with Crippen LogP contribution in [0.15, 0.2) is 29.3 Å². The molecule has 1 fully saturated rings. The number of hydrogen-bond donors (Lipinski definition) is 2. The van der Waals surface area contributed by atoms with Crippen molar-refractivity contribution in [3.05, 3.63) is 46.2 Å². The van der Waals surface area contributed by atoms with Crippen LogP contribution in [0.2, 0.25) is 5.02 Å². The molecule has 8 nitrogen and oxygen atoms in total. The molecule has 3 N–H and O–H groups in total. The Labute approximate surface area is 181 Å². The highest BCUT2D eigenvalue weighted by atomic mass is 35.5. The zero-order valence-corrected chi connectivity index (χ0v) is 18.7. The minimum atomic E-state index is -3.77. The van der Waals surface area contributed by atoms with Gasteiger partial charge in [0.1, 0.15) is 10.6 Å². The molecule has 2 amide bonds. The van der Waals surface area contributed by atoms with Crippen molar-refractivity contribution in [2.75, 3.05) is 18.4 Å². The van der Waals surface area contributed by atoms with Crippen LogP contribution in [0.4, 0.5) is 5.69 Å². The van der Waals surface area contributed by atoms with E-state index >= 15 is 0 Å². The molecule has 1 aliphatic rings. The monoisotopic (exact) mass is 452 g/mol. The minimum absolute atomic E-state index is 0.0174. The Morgan fingerprint density at radius 3 is 2.33 bits per heavy atom. The maximum Gasteiger partial charge on any atom is 0.265 e. The van der Waals surface area contributed by atoms with E-state index in [1.54, 1.807) is 13.1 Å². The van der Waals surface area contributed by atoms with Crippen LogP contribution < -0.4 is 11.1 Å². The molecule has 1 aromatic heterocycles. The van der Waals surface area contributed by atoms with Crippen molar-refractivity contribution < 1.29 is 18.0 Å². The number of sulfonamides is 1. The number of carbonyl (C=O) groups excluding carboxylic acids is 2. The average Bonchev–Trinajstić information content (AvgIpc) is 3.07. The Morgan fingerprint density at radius 1 is 1.17 bits per heavy atom. The topological polar surface area (TPSA) is 114 Å². The predicted molar refractivity (Wildman–Crippen MR) is 115 cm³/mol. The Morgan fingerprint density at radius 2 is 1.80 bits per heavy atom. The summed E-state index contributed by atoms with van der Waals surface area (Å²) < 4.78 is 28.5. The Balaban J connectivity index is 1.68. The second kappa shape index (κ2) is 8.41. The van der Waals surface area contributed by atoms with Crippen molar-refractivity contribution in [3.8, 4) is 0 Å². The van der Waals surface area contributed by atoms with Gasteiger partial charge in [-0.25, -0.2) is 8.42 Å². The molecule has 162 valence electrons. The second-order valence-corrected chi connectivity index (χ2v) is 9.99. The number of aromatic nitrogens is 1. The summed E-state index contributed by atoms with van der Waals surface area (Å²) in [5.41, 5.74) is 7.87. The van der Waals surface area contributed by atoms with Gasteiger partial charge < -0.3 is 15.6 Å². The highest BCUT2D eigenvalue weighted by Crippen LogP contribution is 2.30. The normalized spacial score (nSPS) is 15.9. The first-order chi connectivity index (χ1) is 14.0. The summed E-state index contributed by atoms with van der Waals surface area (Å²) >= 11 is 6.27. The van der Waals surface area contributed by atoms with Crippen molar-refractivity contribution >= 4 is 39.1 Å². The van der Waals surface area contributed by atoms with Gasteiger partial charge >= 0.3 is 0 Å². The fourth-order valence-corrected chi connectivity index (χ4v) is 5.64. The van der Waals surface area contributed by atoms with Crippen molar-refractivity contribution in [2.24, 2.45) is 18.7 Å². The molecule has 2 aromatic rings. The van der Waals surface area contributed by atoms with E-state index in [0.717, 1.165) is 11.1 Å². The first kappa shape index (κ1) is 22.3. The van der Waals surface area contributed by atoms with E-state index in [1.165, 1.54) is 21.1 Å². The van der Waals surface area contributed by atoms with Crippen LogP contribution >= 0.6 is 11.6 Å². The van der Waals surface area contributed by atoms with Crippen LogP contribution in [-0.4, -0.2) is 42.2 Å². The highest BCUT2D eigenvalue weighted by Gasteiger charge is 2.33. The molecule has 0 radical (unpaired) electrons. The summed E-state index contributed by atoms with van der Waals surface area (Å²) in [6.07, 6.45) is 2.16. The number of rotatable bonds is 5. The maximum atomic E-state index is 12.9. The minimum Gasteiger partial charge on any atom is -0.364 e. The molecule has 0 unspecified atom stereocenters. The van der Waals surface area contributed by atoms with Crippen molar-refractivity contribution in [3.63, 3.8) is 0 Å². The maximum absolute atomic E-state index is 12.9. The molecule has 1 aromatic carbocycles. The molecule has 0 bridgehead atoms. The number of amides is 2. The van der Waals surface area contributed by atoms with Gasteiger partial charge in [0.05, 0.1) is 10.7 Å². The number of primary amides is 1. The lowest BCUT2D eigenvalue weighted by atomic mass is 9.97. The number of benzene rings is 1. The van der Waals surface area contributed by atoms with Crippen molar-refractivity contribution in [2.45, 2.75) is 31.6 Å². The second-order valence-electron chi connectivity index (χ2n) is 7.64. The number of nitrogens with two attached hydrogens (primary N) is 1. The quantitative estimate of drug-likeness (QED) is 0.724. The Bertz CT molecular complexity index is 1080. The van der Waals surface area contributed by atoms with Crippen LogP contribution in [0.25, 0.3) is 0 Å². The molecule has 0 spiro atoms. The number of halogens is 1. The van der Waals surface area contributed by atoms with Gasteiger partial charge in [-0.1, -0.05) is 17.7 Å². The van der Waals surface area contributed by atoms with Gasteiger partial charge in [-0.05, 0) is 49.9 Å². The van der Waals surface area contributed by atoms with Gasteiger partial charge in [-0.15, -0.1) is 0 Å². The lowest BCUT2D eigenvalue weighted by Gasteiger charge is -2.30. The zero-order chi connectivity index (χ0) is 22.2. The van der Waals surface area contributed by atoms with Gasteiger partial charge in [0, 0.05) is 32.3 Å². The molecule has 1 aliphatic heterocycles. The third-order valence-corrected chi connectivity index (χ3v) is 7.54.